The van der Waals surface area contributed by atoms with Crippen molar-refractivity contribution in [1.29, 1.82) is 0 Å². The zero-order valence-corrected chi connectivity index (χ0v) is 18.1. The zero-order valence-electron chi connectivity index (χ0n) is 14.4. The van der Waals surface area contributed by atoms with Crippen molar-refractivity contribution in [3.63, 3.8) is 0 Å². The van der Waals surface area contributed by atoms with Crippen molar-refractivity contribution < 1.29 is 76.5 Å². The molecule has 0 amide bonds. The summed E-state index contributed by atoms with van der Waals surface area (Å²) in [5, 5.41) is 25.1. The molecule has 8 heteroatoms. The Hall–Kier alpha value is -1.05. The molecule has 0 unspecified atom stereocenters. The van der Waals surface area contributed by atoms with E-state index < -0.39 is 0 Å². The first kappa shape index (κ1) is 33.5. The summed E-state index contributed by atoms with van der Waals surface area (Å²) in [7, 11) is 0. The Morgan fingerprint density at radius 1 is 0.565 bits per heavy atom. The Kier molecular flexibility index (Phi) is 30.6. The first-order valence-corrected chi connectivity index (χ1v) is 6.02. The van der Waals surface area contributed by atoms with E-state index >= 15 is 0 Å². The summed E-state index contributed by atoms with van der Waals surface area (Å²) in [6.07, 6.45) is 3.50. The van der Waals surface area contributed by atoms with Crippen molar-refractivity contribution in [3.8, 4) is 0 Å². The number of hydrogen-bond acceptors (Lipinski definition) is 6. The van der Waals surface area contributed by atoms with E-state index in [9.17, 15) is 14.4 Å². The quantitative estimate of drug-likeness (QED) is 0.437. The molecule has 5 N–H and O–H groups in total. The van der Waals surface area contributed by atoms with Gasteiger partial charge < -0.3 is 20.8 Å². The molecule has 0 fully saturated rings. The normalized spacial score (nSPS) is 10.4. The zero-order chi connectivity index (χ0) is 17.6. The minimum absolute atomic E-state index is 0. The smallest absolute Gasteiger partial charge is 0.155 e. The van der Waals surface area contributed by atoms with Crippen molar-refractivity contribution >= 4 is 17.3 Å². The van der Waals surface area contributed by atoms with Crippen LogP contribution in [-0.2, 0) is 14.4 Å². The van der Waals surface area contributed by atoms with E-state index in [2.05, 4.69) is 0 Å². The van der Waals surface area contributed by atoms with Gasteiger partial charge in [-0.1, -0.05) is 0 Å². The van der Waals surface area contributed by atoms with Crippen molar-refractivity contribution in [2.45, 2.75) is 41.5 Å². The largest absolute Gasteiger partial charge is 0.512 e. The Labute approximate surface area is 170 Å². The molecule has 0 aromatic rings. The predicted molar refractivity (Wildman–Crippen MR) is 84.8 cm³/mol. The van der Waals surface area contributed by atoms with E-state index in [-0.39, 0.29) is 81.4 Å². The van der Waals surface area contributed by atoms with E-state index in [4.69, 9.17) is 15.3 Å². The Bertz CT molecular complexity index is 370. The summed E-state index contributed by atoms with van der Waals surface area (Å²) in [4.78, 5) is 30.1. The van der Waals surface area contributed by atoms with Crippen LogP contribution in [0.2, 0.25) is 0 Å². The van der Waals surface area contributed by atoms with Gasteiger partial charge in [0.15, 0.2) is 17.3 Å². The second-order valence-corrected chi connectivity index (χ2v) is 4.19. The molecule has 0 bridgehead atoms. The van der Waals surface area contributed by atoms with Gasteiger partial charge in [-0.3, -0.25) is 14.4 Å². The van der Waals surface area contributed by atoms with Crippen LogP contribution in [0.4, 0.5) is 0 Å². The van der Waals surface area contributed by atoms with E-state index in [1.807, 2.05) is 0 Å². The molecule has 131 valence electrons. The Morgan fingerprint density at radius 2 is 0.696 bits per heavy atom. The first-order valence-electron chi connectivity index (χ1n) is 6.02. The van der Waals surface area contributed by atoms with Crippen molar-refractivity contribution in [2.24, 2.45) is 0 Å². The van der Waals surface area contributed by atoms with Crippen LogP contribution >= 0.6 is 0 Å². The van der Waals surface area contributed by atoms with Crippen LogP contribution in [0.25, 0.3) is 0 Å². The molecule has 7 nitrogen and oxygen atoms in total. The second-order valence-electron chi connectivity index (χ2n) is 4.19. The third-order valence-corrected chi connectivity index (χ3v) is 1.24. The number of rotatable bonds is 3. The monoisotopic (exact) mass is 459 g/mol. The molecule has 0 aliphatic heterocycles. The number of allylic oxidation sites excluding steroid dienone is 6. The maximum atomic E-state index is 10.0. The molecule has 0 rings (SSSR count). The molecule has 0 spiro atoms. The molecule has 23 heavy (non-hydrogen) atoms. The third kappa shape index (κ3) is 62.7. The van der Waals surface area contributed by atoms with Gasteiger partial charge in [0.25, 0.3) is 0 Å². The summed E-state index contributed by atoms with van der Waals surface area (Å²) in [6, 6.07) is 0. The minimum Gasteiger partial charge on any atom is -0.512 e. The summed E-state index contributed by atoms with van der Waals surface area (Å²) in [5.74, 6) is -0.187. The molecule has 0 atom stereocenters. The maximum Gasteiger partial charge on any atom is 0.155 e. The fourth-order valence-corrected chi connectivity index (χ4v) is 0.882. The number of hydrogen-bond donors (Lipinski definition) is 3. The topological polar surface area (TPSA) is 143 Å². The molecule has 0 saturated carbocycles. The third-order valence-electron chi connectivity index (χ3n) is 1.24. The Balaban J connectivity index is -0.0000000675. The van der Waals surface area contributed by atoms with Gasteiger partial charge in [-0.2, -0.15) is 0 Å². The van der Waals surface area contributed by atoms with Gasteiger partial charge in [-0.25, -0.2) is 0 Å². The molecular weight excluding hydrogens is 433 g/mol. The minimum atomic E-state index is -0.125. The van der Waals surface area contributed by atoms with Crippen LogP contribution in [0.1, 0.15) is 41.5 Å². The summed E-state index contributed by atoms with van der Waals surface area (Å²) in [6.45, 7) is 8.54. The molecule has 1 radical (unpaired) electrons. The van der Waals surface area contributed by atoms with Crippen LogP contribution in [0.5, 0.6) is 0 Å². The molecule has 0 aliphatic rings. The predicted octanol–water partition coefficient (Wildman–Crippen LogP) is 2.29. The standard InChI is InChI=1S/3C5H8O2.H2O.Pr/c3*1-4(6)3-5(2)7;;/h3*3,6H,1-2H3;1H2;/b4-3+;2*4-3-;;. The maximum absolute atomic E-state index is 10.0. The van der Waals surface area contributed by atoms with Crippen molar-refractivity contribution in [2.75, 3.05) is 0 Å². The molecule has 0 aliphatic carbocycles. The number of aliphatic hydroxyl groups excluding tert-OH is 3. The molecule has 0 saturated heterocycles. The fourth-order valence-electron chi connectivity index (χ4n) is 0.882. The van der Waals surface area contributed by atoms with Gasteiger partial charge in [0.05, 0.1) is 17.3 Å². The van der Waals surface area contributed by atoms with Crippen LogP contribution in [0.3, 0.4) is 0 Å². The SMILES string of the molecule is CC(=O)/C=C(/C)O.CC(=O)/C=C(/C)O.CC(=O)/C=C(\C)O.O.[Pr]. The van der Waals surface area contributed by atoms with E-state index in [0.29, 0.717) is 0 Å². The van der Waals surface area contributed by atoms with Gasteiger partial charge in [0.1, 0.15) is 0 Å². The summed E-state index contributed by atoms with van der Waals surface area (Å²) in [5.41, 5.74) is 0. The molecule has 0 aromatic carbocycles. The van der Waals surface area contributed by atoms with Gasteiger partial charge in [0, 0.05) is 59.5 Å². The van der Waals surface area contributed by atoms with Gasteiger partial charge in [0.2, 0.25) is 0 Å². The number of carbonyl (C=O) groups excluding carboxylic acids is 3. The number of carbonyl (C=O) groups is 3. The molecule has 0 heterocycles. The van der Waals surface area contributed by atoms with Gasteiger partial charge in [-0.05, 0) is 41.5 Å². The second kappa shape index (κ2) is 21.0. The van der Waals surface area contributed by atoms with Crippen LogP contribution < -0.4 is 0 Å². The van der Waals surface area contributed by atoms with Crippen LogP contribution in [0.15, 0.2) is 35.5 Å². The molecule has 0 aromatic heterocycles. The number of ketones is 3. The Morgan fingerprint density at radius 3 is 0.696 bits per heavy atom. The van der Waals surface area contributed by atoms with E-state index in [1.54, 1.807) is 0 Å². The van der Waals surface area contributed by atoms with Crippen LogP contribution in [-0.4, -0.2) is 38.1 Å². The van der Waals surface area contributed by atoms with Crippen LogP contribution in [0, 0.1) is 41.3 Å². The van der Waals surface area contributed by atoms with E-state index in [0.717, 1.165) is 0 Å². The van der Waals surface area contributed by atoms with Crippen molar-refractivity contribution in [3.05, 3.63) is 35.5 Å². The first-order chi connectivity index (χ1) is 9.38. The molecular formula is C15H26O7Pr. The van der Waals surface area contributed by atoms with Gasteiger partial charge >= 0.3 is 0 Å². The average Bonchev–Trinajstić information content (AvgIpc) is 2.10. The average molecular weight is 459 g/mol. The fraction of sp³-hybridized carbons (Fsp3) is 0.400. The summed E-state index contributed by atoms with van der Waals surface area (Å²) < 4.78 is 0. The van der Waals surface area contributed by atoms with Crippen molar-refractivity contribution in [1.82, 2.24) is 0 Å². The van der Waals surface area contributed by atoms with E-state index in [1.165, 1.54) is 59.8 Å². The summed E-state index contributed by atoms with van der Waals surface area (Å²) >= 11 is 0. The van der Waals surface area contributed by atoms with Gasteiger partial charge in [-0.15, -0.1) is 0 Å². The number of aliphatic hydroxyl groups is 3.